The summed E-state index contributed by atoms with van der Waals surface area (Å²) >= 11 is 0. The van der Waals surface area contributed by atoms with Crippen LogP contribution in [0, 0.1) is 0 Å². The van der Waals surface area contributed by atoms with Crippen molar-refractivity contribution >= 4 is 9.84 Å². The summed E-state index contributed by atoms with van der Waals surface area (Å²) in [4.78, 5) is 0. The maximum atomic E-state index is 13.6. The van der Waals surface area contributed by atoms with E-state index in [0.717, 1.165) is 0 Å². The maximum absolute atomic E-state index is 13.6. The number of hydrogen-bond donors (Lipinski definition) is 0. The minimum Gasteiger partial charge on any atom is -0.313 e. The van der Waals surface area contributed by atoms with E-state index in [1.807, 2.05) is 0 Å². The normalized spacial score (nSPS) is 13.6. The molecule has 0 aliphatic carbocycles. The Bertz CT molecular complexity index is 726. The SMILES string of the molecule is CCCCOC(F)(F)C(F)(F)OC(F)(F)CCCCCS(=O)(=O)Cc1ccccc1. The van der Waals surface area contributed by atoms with Gasteiger partial charge in [0, 0.05) is 6.42 Å². The predicted molar refractivity (Wildman–Crippen MR) is 99.2 cm³/mol. The summed E-state index contributed by atoms with van der Waals surface area (Å²) in [5.41, 5.74) is 0.585. The highest BCUT2D eigenvalue weighted by molar-refractivity contribution is 7.90. The lowest BCUT2D eigenvalue weighted by Gasteiger charge is -2.29. The average molecular weight is 464 g/mol. The molecule has 0 bridgehead atoms. The van der Waals surface area contributed by atoms with E-state index in [9.17, 15) is 34.8 Å². The highest BCUT2D eigenvalue weighted by atomic mass is 32.2. The number of alkyl halides is 6. The van der Waals surface area contributed by atoms with Crippen LogP contribution >= 0.6 is 0 Å². The van der Waals surface area contributed by atoms with Crippen molar-refractivity contribution in [3.05, 3.63) is 35.9 Å². The molecule has 0 N–H and O–H groups in total. The van der Waals surface area contributed by atoms with Gasteiger partial charge in [0.25, 0.3) is 0 Å². The average Bonchev–Trinajstić information content (AvgIpc) is 2.60. The van der Waals surface area contributed by atoms with Gasteiger partial charge in [0.1, 0.15) is 0 Å². The molecular weight excluding hydrogens is 438 g/mol. The van der Waals surface area contributed by atoms with E-state index < -0.39 is 41.2 Å². The highest BCUT2D eigenvalue weighted by Crippen LogP contribution is 2.41. The quantitative estimate of drug-likeness (QED) is 0.244. The minimum absolute atomic E-state index is 0.0257. The van der Waals surface area contributed by atoms with Gasteiger partial charge in [0.15, 0.2) is 9.84 Å². The van der Waals surface area contributed by atoms with Crippen LogP contribution in [0.4, 0.5) is 26.3 Å². The zero-order chi connectivity index (χ0) is 22.9. The molecule has 0 saturated heterocycles. The lowest BCUT2D eigenvalue weighted by Crippen LogP contribution is -2.49. The number of unbranched alkanes of at least 4 members (excludes halogenated alkanes) is 3. The Morgan fingerprint density at radius 1 is 0.867 bits per heavy atom. The predicted octanol–water partition coefficient (Wildman–Crippen LogP) is 5.77. The Hall–Kier alpha value is -1.33. The zero-order valence-electron chi connectivity index (χ0n) is 16.6. The second kappa shape index (κ2) is 11.3. The fraction of sp³-hybridized carbons (Fsp3) is 0.684. The van der Waals surface area contributed by atoms with E-state index in [1.165, 1.54) is 0 Å². The largest absolute Gasteiger partial charge is 0.452 e. The maximum Gasteiger partial charge on any atom is 0.452 e. The van der Waals surface area contributed by atoms with Crippen molar-refractivity contribution in [2.24, 2.45) is 0 Å². The summed E-state index contributed by atoms with van der Waals surface area (Å²) in [6, 6.07) is 8.37. The lowest BCUT2D eigenvalue weighted by atomic mass is 10.2. The molecule has 0 unspecified atom stereocenters. The van der Waals surface area contributed by atoms with Crippen LogP contribution in [0.2, 0.25) is 0 Å². The van der Waals surface area contributed by atoms with Crippen LogP contribution in [0.1, 0.15) is 51.0 Å². The molecule has 0 aliphatic rings. The summed E-state index contributed by atoms with van der Waals surface area (Å²) < 4.78 is 111. The second-order valence-electron chi connectivity index (χ2n) is 6.86. The van der Waals surface area contributed by atoms with Gasteiger partial charge in [-0.05, 0) is 24.8 Å². The van der Waals surface area contributed by atoms with Crippen molar-refractivity contribution in [1.82, 2.24) is 0 Å². The molecule has 0 saturated carbocycles. The van der Waals surface area contributed by atoms with Gasteiger partial charge in [0.2, 0.25) is 0 Å². The van der Waals surface area contributed by atoms with Gasteiger partial charge in [-0.1, -0.05) is 50.1 Å². The molecule has 11 heteroatoms. The van der Waals surface area contributed by atoms with E-state index in [0.29, 0.717) is 12.0 Å². The second-order valence-corrected chi connectivity index (χ2v) is 9.05. The number of hydrogen-bond acceptors (Lipinski definition) is 4. The molecular formula is C19H26F6O4S. The Kier molecular flexibility index (Phi) is 10.1. The first-order valence-electron chi connectivity index (χ1n) is 9.52. The van der Waals surface area contributed by atoms with E-state index >= 15 is 0 Å². The first-order chi connectivity index (χ1) is 13.8. The molecule has 1 aromatic rings. The molecule has 1 aromatic carbocycles. The van der Waals surface area contributed by atoms with Gasteiger partial charge >= 0.3 is 18.3 Å². The number of ether oxygens (including phenoxy) is 2. The van der Waals surface area contributed by atoms with Gasteiger partial charge in [-0.3, -0.25) is 0 Å². The fourth-order valence-electron chi connectivity index (χ4n) is 2.46. The van der Waals surface area contributed by atoms with Crippen molar-refractivity contribution in [3.63, 3.8) is 0 Å². The minimum atomic E-state index is -5.51. The van der Waals surface area contributed by atoms with Crippen molar-refractivity contribution in [3.8, 4) is 0 Å². The molecule has 174 valence electrons. The number of halogens is 6. The molecule has 30 heavy (non-hydrogen) atoms. The van der Waals surface area contributed by atoms with Crippen molar-refractivity contribution < 1.29 is 44.2 Å². The third-order valence-electron chi connectivity index (χ3n) is 4.05. The molecule has 0 aromatic heterocycles. The van der Waals surface area contributed by atoms with Gasteiger partial charge in [-0.25, -0.2) is 13.2 Å². The van der Waals surface area contributed by atoms with Crippen molar-refractivity contribution in [2.45, 2.75) is 69.5 Å². The van der Waals surface area contributed by atoms with Crippen LogP contribution in [0.15, 0.2) is 30.3 Å². The zero-order valence-corrected chi connectivity index (χ0v) is 17.4. The molecule has 0 atom stereocenters. The van der Waals surface area contributed by atoms with Crippen LogP contribution in [0.5, 0.6) is 0 Å². The summed E-state index contributed by atoms with van der Waals surface area (Å²) in [5.74, 6) is -0.472. The molecule has 0 fully saturated rings. The van der Waals surface area contributed by atoms with Gasteiger partial charge in [-0.2, -0.15) is 26.3 Å². The van der Waals surface area contributed by atoms with Crippen LogP contribution < -0.4 is 0 Å². The van der Waals surface area contributed by atoms with Crippen molar-refractivity contribution in [2.75, 3.05) is 12.4 Å². The third kappa shape index (κ3) is 9.65. The summed E-state index contributed by atoms with van der Waals surface area (Å²) in [5, 5.41) is 0. The van der Waals surface area contributed by atoms with E-state index in [4.69, 9.17) is 0 Å². The van der Waals surface area contributed by atoms with Crippen LogP contribution in [0.25, 0.3) is 0 Å². The number of sulfone groups is 1. The lowest BCUT2D eigenvalue weighted by molar-refractivity contribution is -0.481. The van der Waals surface area contributed by atoms with Crippen LogP contribution in [-0.4, -0.2) is 39.1 Å². The molecule has 1 rings (SSSR count). The molecule has 4 nitrogen and oxygen atoms in total. The topological polar surface area (TPSA) is 52.6 Å². The Balaban J connectivity index is 2.42. The number of rotatable bonds is 15. The fourth-order valence-corrected chi connectivity index (χ4v) is 3.95. The number of benzene rings is 1. The first-order valence-corrected chi connectivity index (χ1v) is 11.3. The van der Waals surface area contributed by atoms with Gasteiger partial charge < -0.3 is 4.74 Å². The van der Waals surface area contributed by atoms with E-state index in [-0.39, 0.29) is 37.2 Å². The smallest absolute Gasteiger partial charge is 0.313 e. The monoisotopic (exact) mass is 464 g/mol. The molecule has 0 aliphatic heterocycles. The van der Waals surface area contributed by atoms with Gasteiger partial charge in [-0.15, -0.1) is 0 Å². The third-order valence-corrected chi connectivity index (χ3v) is 5.73. The van der Waals surface area contributed by atoms with Crippen LogP contribution in [0.3, 0.4) is 0 Å². The summed E-state index contributed by atoms with van der Waals surface area (Å²) in [6.07, 6.45) is -16.4. The Morgan fingerprint density at radius 3 is 2.10 bits per heavy atom. The van der Waals surface area contributed by atoms with Crippen LogP contribution in [-0.2, 0) is 25.1 Å². The summed E-state index contributed by atoms with van der Waals surface area (Å²) in [7, 11) is -3.46. The Labute approximate surface area is 172 Å². The molecule has 0 radical (unpaired) electrons. The first kappa shape index (κ1) is 26.7. The van der Waals surface area contributed by atoms with Gasteiger partial charge in [0.05, 0.1) is 18.1 Å². The summed E-state index contributed by atoms with van der Waals surface area (Å²) in [6.45, 7) is 0.878. The van der Waals surface area contributed by atoms with E-state index in [1.54, 1.807) is 37.3 Å². The van der Waals surface area contributed by atoms with Crippen molar-refractivity contribution in [1.29, 1.82) is 0 Å². The molecule has 0 spiro atoms. The van der Waals surface area contributed by atoms with E-state index in [2.05, 4.69) is 9.47 Å². The molecule has 0 amide bonds. The highest BCUT2D eigenvalue weighted by Gasteiger charge is 2.63. The molecule has 0 heterocycles. The standard InChI is InChI=1S/C19H26F6O4S/c1-2-3-13-28-18(22,23)19(24,25)29-17(20,21)12-8-5-9-14-30(26,27)15-16-10-6-4-7-11-16/h4,6-7,10-11H,2-3,5,8-9,12-15H2,1H3. The Morgan fingerprint density at radius 2 is 1.50 bits per heavy atom.